The number of carbonyl (C=O) groups excluding carboxylic acids is 4. The molecule has 0 spiro atoms. The van der Waals surface area contributed by atoms with Crippen LogP contribution in [-0.4, -0.2) is 40.4 Å². The molecule has 4 amide bonds. The molecule has 8 nitrogen and oxygen atoms in total. The molecule has 0 radical (unpaired) electrons. The van der Waals surface area contributed by atoms with Crippen LogP contribution in [-0.2, 0) is 19.2 Å². The number of piperidine rings is 1. The number of carbonyl (C=O) groups is 4. The van der Waals surface area contributed by atoms with Crippen LogP contribution in [0.2, 0.25) is 0 Å². The van der Waals surface area contributed by atoms with Gasteiger partial charge in [-0.15, -0.1) is 0 Å². The SMILES string of the molecule is C=CC(N)=N/C=C1\C(=C)C(=O)N(C2CCC(=O)NC2=O)C1=O.CC.CC. The summed E-state index contributed by atoms with van der Waals surface area (Å²) in [5.41, 5.74) is 5.32. The molecule has 0 saturated carbocycles. The fraction of sp³-hybridized carbons (Fsp3) is 0.389. The molecule has 2 fully saturated rings. The number of amidine groups is 1. The van der Waals surface area contributed by atoms with E-state index in [-0.39, 0.29) is 29.8 Å². The minimum absolute atomic E-state index is 0.0421. The maximum absolute atomic E-state index is 12.3. The van der Waals surface area contributed by atoms with E-state index in [1.165, 1.54) is 6.08 Å². The van der Waals surface area contributed by atoms with E-state index in [9.17, 15) is 19.2 Å². The summed E-state index contributed by atoms with van der Waals surface area (Å²) in [6.45, 7) is 15.0. The standard InChI is InChI=1S/C14H14N4O4.2C2H6/c1-3-10(15)16-6-8-7(2)13(21)18(14(8)22)9-4-5-11(19)17-12(9)20;2*1-2/h3,6,9H,1-2,4-5H2,(H2,15,16)(H,17,19,20);2*1-2H3/b8-6+;;. The van der Waals surface area contributed by atoms with Crippen molar-refractivity contribution in [3.05, 3.63) is 36.6 Å². The molecule has 2 aliphatic rings. The Kier molecular flexibility index (Phi) is 9.50. The summed E-state index contributed by atoms with van der Waals surface area (Å²) in [4.78, 5) is 52.0. The van der Waals surface area contributed by atoms with Gasteiger partial charge in [0.15, 0.2) is 0 Å². The van der Waals surface area contributed by atoms with E-state index in [0.717, 1.165) is 11.1 Å². The number of nitrogens with two attached hydrogens (primary N) is 1. The molecule has 1 atom stereocenters. The molecular formula is C18H26N4O4. The number of aliphatic imine (C=N–C) groups is 1. The largest absolute Gasteiger partial charge is 0.384 e. The van der Waals surface area contributed by atoms with E-state index in [1.54, 1.807) is 0 Å². The number of nitrogens with zero attached hydrogens (tertiary/aromatic N) is 2. The quantitative estimate of drug-likeness (QED) is 0.338. The molecule has 2 rings (SSSR count). The molecule has 0 aliphatic carbocycles. The number of nitrogens with one attached hydrogen (secondary N) is 1. The van der Waals surface area contributed by atoms with E-state index >= 15 is 0 Å². The van der Waals surface area contributed by atoms with E-state index in [0.29, 0.717) is 0 Å². The number of hydrogen-bond acceptors (Lipinski definition) is 5. The molecule has 8 heteroatoms. The normalized spacial score (nSPS) is 21.6. The second-order valence-corrected chi connectivity index (χ2v) is 4.73. The van der Waals surface area contributed by atoms with Crippen molar-refractivity contribution in [1.29, 1.82) is 0 Å². The summed E-state index contributed by atoms with van der Waals surface area (Å²) in [7, 11) is 0. The average Bonchev–Trinajstić information content (AvgIpc) is 2.86. The maximum Gasteiger partial charge on any atom is 0.263 e. The van der Waals surface area contributed by atoms with Gasteiger partial charge < -0.3 is 5.73 Å². The first kappa shape index (κ1) is 23.0. The van der Waals surface area contributed by atoms with Gasteiger partial charge >= 0.3 is 0 Å². The monoisotopic (exact) mass is 362 g/mol. The number of rotatable bonds is 3. The predicted molar refractivity (Wildman–Crippen MR) is 99.8 cm³/mol. The second kappa shape index (κ2) is 10.8. The van der Waals surface area contributed by atoms with Crippen LogP contribution in [0.25, 0.3) is 0 Å². The zero-order chi connectivity index (χ0) is 20.4. The van der Waals surface area contributed by atoms with Crippen LogP contribution in [0.4, 0.5) is 0 Å². The van der Waals surface area contributed by atoms with Gasteiger partial charge in [0.1, 0.15) is 11.9 Å². The first-order valence-electron chi connectivity index (χ1n) is 8.43. The summed E-state index contributed by atoms with van der Waals surface area (Å²) in [6.07, 6.45) is 2.53. The third-order valence-electron chi connectivity index (χ3n) is 3.32. The Balaban J connectivity index is 0.00000146. The van der Waals surface area contributed by atoms with Crippen LogP contribution < -0.4 is 11.1 Å². The molecule has 26 heavy (non-hydrogen) atoms. The van der Waals surface area contributed by atoms with Crippen LogP contribution in [0.1, 0.15) is 40.5 Å². The van der Waals surface area contributed by atoms with Gasteiger partial charge in [-0.1, -0.05) is 40.9 Å². The Morgan fingerprint density at radius 1 is 1.19 bits per heavy atom. The van der Waals surface area contributed by atoms with Gasteiger partial charge in [0.25, 0.3) is 11.8 Å². The van der Waals surface area contributed by atoms with E-state index in [4.69, 9.17) is 5.73 Å². The van der Waals surface area contributed by atoms with Crippen LogP contribution in [0, 0.1) is 0 Å². The lowest BCUT2D eigenvalue weighted by Gasteiger charge is -2.27. The highest BCUT2D eigenvalue weighted by atomic mass is 16.2. The molecule has 2 saturated heterocycles. The summed E-state index contributed by atoms with van der Waals surface area (Å²) in [5.74, 6) is -2.41. The second-order valence-electron chi connectivity index (χ2n) is 4.73. The molecule has 0 aromatic carbocycles. The van der Waals surface area contributed by atoms with Gasteiger partial charge in [-0.3, -0.25) is 29.4 Å². The van der Waals surface area contributed by atoms with Crippen LogP contribution >= 0.6 is 0 Å². The summed E-state index contributed by atoms with van der Waals surface area (Å²) < 4.78 is 0. The summed E-state index contributed by atoms with van der Waals surface area (Å²) in [6, 6.07) is -1.03. The molecular weight excluding hydrogens is 336 g/mol. The van der Waals surface area contributed by atoms with E-state index in [2.05, 4.69) is 23.5 Å². The van der Waals surface area contributed by atoms with Gasteiger partial charge in [0.05, 0.1) is 5.57 Å². The highest BCUT2D eigenvalue weighted by molar-refractivity contribution is 6.26. The Labute approximate surface area is 153 Å². The van der Waals surface area contributed by atoms with Crippen molar-refractivity contribution >= 4 is 29.5 Å². The minimum atomic E-state index is -1.03. The number of hydrogen-bond donors (Lipinski definition) is 2. The van der Waals surface area contributed by atoms with Gasteiger partial charge in [-0.05, 0) is 12.5 Å². The van der Waals surface area contributed by atoms with Gasteiger partial charge in [0, 0.05) is 18.2 Å². The highest BCUT2D eigenvalue weighted by Gasteiger charge is 2.45. The van der Waals surface area contributed by atoms with Crippen molar-refractivity contribution in [2.24, 2.45) is 10.7 Å². The fourth-order valence-electron chi connectivity index (χ4n) is 2.15. The smallest absolute Gasteiger partial charge is 0.263 e. The minimum Gasteiger partial charge on any atom is -0.384 e. The Morgan fingerprint density at radius 3 is 2.27 bits per heavy atom. The molecule has 2 heterocycles. The third-order valence-corrected chi connectivity index (χ3v) is 3.32. The van der Waals surface area contributed by atoms with Crippen molar-refractivity contribution in [1.82, 2.24) is 10.2 Å². The van der Waals surface area contributed by atoms with Crippen LogP contribution in [0.3, 0.4) is 0 Å². The zero-order valence-electron chi connectivity index (χ0n) is 15.7. The summed E-state index contributed by atoms with van der Waals surface area (Å²) in [5, 5.41) is 2.10. The van der Waals surface area contributed by atoms with Crippen molar-refractivity contribution in [3.8, 4) is 0 Å². The lowest BCUT2D eigenvalue weighted by molar-refractivity contribution is -0.149. The number of likely N-dealkylation sites (tertiary alicyclic amines) is 1. The van der Waals surface area contributed by atoms with E-state index in [1.807, 2.05) is 27.7 Å². The average molecular weight is 362 g/mol. The van der Waals surface area contributed by atoms with Crippen molar-refractivity contribution < 1.29 is 19.2 Å². The molecule has 0 aromatic heterocycles. The van der Waals surface area contributed by atoms with Gasteiger partial charge in [-0.25, -0.2) is 4.99 Å². The van der Waals surface area contributed by atoms with Crippen molar-refractivity contribution in [2.45, 2.75) is 46.6 Å². The topological polar surface area (TPSA) is 122 Å². The number of amides is 4. The lowest BCUT2D eigenvalue weighted by atomic mass is 10.0. The lowest BCUT2D eigenvalue weighted by Crippen LogP contribution is -2.54. The highest BCUT2D eigenvalue weighted by Crippen LogP contribution is 2.28. The predicted octanol–water partition coefficient (Wildman–Crippen LogP) is 1.20. The Morgan fingerprint density at radius 2 is 1.77 bits per heavy atom. The van der Waals surface area contributed by atoms with Crippen molar-refractivity contribution in [2.75, 3.05) is 0 Å². The summed E-state index contributed by atoms with van der Waals surface area (Å²) >= 11 is 0. The molecule has 3 N–H and O–H groups in total. The molecule has 142 valence electrons. The van der Waals surface area contributed by atoms with Crippen LogP contribution in [0.15, 0.2) is 41.6 Å². The molecule has 0 bridgehead atoms. The first-order valence-corrected chi connectivity index (χ1v) is 8.43. The first-order chi connectivity index (χ1) is 12.4. The molecule has 2 aliphatic heterocycles. The number of imide groups is 2. The van der Waals surface area contributed by atoms with Gasteiger partial charge in [-0.2, -0.15) is 0 Å². The fourth-order valence-corrected chi connectivity index (χ4v) is 2.15. The van der Waals surface area contributed by atoms with E-state index < -0.39 is 29.7 Å². The van der Waals surface area contributed by atoms with Crippen LogP contribution in [0.5, 0.6) is 0 Å². The Bertz CT molecular complexity index is 677. The third kappa shape index (κ3) is 4.98. The molecule has 0 aromatic rings. The Hall–Kier alpha value is -3.03. The van der Waals surface area contributed by atoms with Gasteiger partial charge in [0.2, 0.25) is 11.8 Å². The van der Waals surface area contributed by atoms with Crippen molar-refractivity contribution in [3.63, 3.8) is 0 Å². The maximum atomic E-state index is 12.3. The zero-order valence-corrected chi connectivity index (χ0v) is 15.7. The molecule has 1 unspecified atom stereocenters.